The van der Waals surface area contributed by atoms with Crippen LogP contribution in [0.5, 0.6) is 0 Å². The number of anilines is 1. The molecular formula is C10H10F3N5. The summed E-state index contributed by atoms with van der Waals surface area (Å²) >= 11 is 0. The van der Waals surface area contributed by atoms with E-state index in [1.165, 1.54) is 6.33 Å². The first-order valence-electron chi connectivity index (χ1n) is 5.56. The summed E-state index contributed by atoms with van der Waals surface area (Å²) in [5, 5.41) is 2.93. The number of fused-ring (bicyclic) bond motifs is 1. The van der Waals surface area contributed by atoms with Crippen LogP contribution in [0.4, 0.5) is 19.0 Å². The summed E-state index contributed by atoms with van der Waals surface area (Å²) in [5.41, 5.74) is 0.430. The normalized spacial score (nSPS) is 16.2. The molecule has 0 amide bonds. The average molecular weight is 257 g/mol. The summed E-state index contributed by atoms with van der Waals surface area (Å²) in [4.78, 5) is 13.4. The lowest BCUT2D eigenvalue weighted by molar-refractivity contribution is -0.144. The van der Waals surface area contributed by atoms with Gasteiger partial charge < -0.3 is 10.3 Å². The maximum atomic E-state index is 12.6. The summed E-state index contributed by atoms with van der Waals surface area (Å²) in [6.07, 6.45) is -1.04. The summed E-state index contributed by atoms with van der Waals surface area (Å²) in [7, 11) is 0. The van der Waals surface area contributed by atoms with Crippen molar-refractivity contribution in [1.29, 1.82) is 0 Å². The number of alkyl halides is 3. The van der Waals surface area contributed by atoms with Gasteiger partial charge in [0.25, 0.3) is 0 Å². The number of hydrogen-bond acceptors (Lipinski definition) is 4. The number of nitrogens with zero attached hydrogens (tertiary/aromatic N) is 3. The van der Waals surface area contributed by atoms with E-state index in [1.807, 2.05) is 0 Å². The van der Waals surface area contributed by atoms with Crippen LogP contribution in [0.25, 0.3) is 11.2 Å². The molecule has 2 aromatic heterocycles. The molecule has 0 unspecified atom stereocenters. The maximum Gasteiger partial charge on any atom is 0.451 e. The smallest absolute Gasteiger partial charge is 0.368 e. The number of hydrogen-bond donors (Lipinski definition) is 2. The van der Waals surface area contributed by atoms with Crippen molar-refractivity contribution in [2.45, 2.75) is 19.0 Å². The predicted molar refractivity (Wildman–Crippen MR) is 57.9 cm³/mol. The lowest BCUT2D eigenvalue weighted by Crippen LogP contribution is -2.14. The molecule has 0 bridgehead atoms. The molecule has 1 aliphatic carbocycles. The van der Waals surface area contributed by atoms with E-state index in [0.29, 0.717) is 18.0 Å². The number of nitrogens with one attached hydrogen (secondary N) is 2. The number of imidazole rings is 1. The lowest BCUT2D eigenvalue weighted by atomic mass is 10.4. The van der Waals surface area contributed by atoms with Gasteiger partial charge >= 0.3 is 6.18 Å². The third kappa shape index (κ3) is 2.09. The second-order valence-corrected chi connectivity index (χ2v) is 4.32. The highest BCUT2D eigenvalue weighted by Gasteiger charge is 2.36. The first-order valence-corrected chi connectivity index (χ1v) is 5.56. The van der Waals surface area contributed by atoms with Crippen molar-refractivity contribution in [3.8, 4) is 0 Å². The fraction of sp³-hybridized carbons (Fsp3) is 0.500. The Morgan fingerprint density at radius 1 is 1.33 bits per heavy atom. The van der Waals surface area contributed by atoms with Gasteiger partial charge in [-0.3, -0.25) is 0 Å². The minimum Gasteiger partial charge on any atom is -0.368 e. The molecule has 0 saturated heterocycles. The molecule has 0 spiro atoms. The Morgan fingerprint density at radius 2 is 2.11 bits per heavy atom. The number of H-pyrrole nitrogens is 1. The molecule has 0 atom stereocenters. The maximum absolute atomic E-state index is 12.6. The molecule has 0 aromatic carbocycles. The Hall–Kier alpha value is -1.86. The van der Waals surface area contributed by atoms with Crippen molar-refractivity contribution in [2.75, 3.05) is 11.9 Å². The van der Waals surface area contributed by atoms with Crippen molar-refractivity contribution in [3.05, 3.63) is 12.2 Å². The summed E-state index contributed by atoms with van der Waals surface area (Å²) in [5.74, 6) is -0.468. The van der Waals surface area contributed by atoms with E-state index in [1.54, 1.807) is 0 Å². The zero-order valence-corrected chi connectivity index (χ0v) is 9.25. The molecule has 2 aromatic rings. The van der Waals surface area contributed by atoms with Crippen LogP contribution < -0.4 is 5.32 Å². The summed E-state index contributed by atoms with van der Waals surface area (Å²) < 4.78 is 37.9. The van der Waals surface area contributed by atoms with Crippen LogP contribution in [0.1, 0.15) is 18.7 Å². The first-order chi connectivity index (χ1) is 8.54. The first kappa shape index (κ1) is 11.2. The van der Waals surface area contributed by atoms with Gasteiger partial charge in [0.15, 0.2) is 11.5 Å². The fourth-order valence-electron chi connectivity index (χ4n) is 1.65. The second-order valence-electron chi connectivity index (χ2n) is 4.32. The quantitative estimate of drug-likeness (QED) is 0.884. The standard InChI is InChI=1S/C10H10F3N5/c11-10(12,13)9-17-7(14-3-5-1-2-5)6-8(18-9)16-4-15-6/h4-5H,1-3H2,(H2,14,15,16,17,18). The van der Waals surface area contributed by atoms with Crippen LogP contribution in [0.2, 0.25) is 0 Å². The van der Waals surface area contributed by atoms with Crippen LogP contribution in [0.15, 0.2) is 6.33 Å². The minimum atomic E-state index is -4.57. The molecule has 1 aliphatic rings. The summed E-state index contributed by atoms with van der Waals surface area (Å²) in [6.45, 7) is 0.627. The molecule has 1 fully saturated rings. The van der Waals surface area contributed by atoms with Gasteiger partial charge in [0, 0.05) is 6.54 Å². The Bertz CT molecular complexity index is 572. The molecule has 2 heterocycles. The Balaban J connectivity index is 2.00. The Kier molecular flexibility index (Phi) is 2.39. The van der Waals surface area contributed by atoms with Gasteiger partial charge in [-0.15, -0.1) is 0 Å². The van der Waals surface area contributed by atoms with E-state index < -0.39 is 12.0 Å². The van der Waals surface area contributed by atoms with Gasteiger partial charge in [0.05, 0.1) is 6.33 Å². The van der Waals surface area contributed by atoms with E-state index in [2.05, 4.69) is 25.3 Å². The third-order valence-electron chi connectivity index (χ3n) is 2.79. The highest BCUT2D eigenvalue weighted by Crippen LogP contribution is 2.31. The van der Waals surface area contributed by atoms with E-state index in [9.17, 15) is 13.2 Å². The topological polar surface area (TPSA) is 66.5 Å². The van der Waals surface area contributed by atoms with Gasteiger partial charge in [0.2, 0.25) is 5.82 Å². The molecule has 8 heteroatoms. The monoisotopic (exact) mass is 257 g/mol. The largest absolute Gasteiger partial charge is 0.451 e. The lowest BCUT2D eigenvalue weighted by Gasteiger charge is -2.09. The molecule has 5 nitrogen and oxygen atoms in total. The highest BCUT2D eigenvalue weighted by molar-refractivity contribution is 5.82. The molecule has 1 saturated carbocycles. The van der Waals surface area contributed by atoms with Crippen molar-refractivity contribution < 1.29 is 13.2 Å². The van der Waals surface area contributed by atoms with E-state index in [4.69, 9.17) is 0 Å². The molecule has 18 heavy (non-hydrogen) atoms. The van der Waals surface area contributed by atoms with Crippen molar-refractivity contribution in [1.82, 2.24) is 19.9 Å². The Morgan fingerprint density at radius 3 is 2.78 bits per heavy atom. The second kappa shape index (κ2) is 3.82. The van der Waals surface area contributed by atoms with Crippen LogP contribution >= 0.6 is 0 Å². The SMILES string of the molecule is FC(F)(F)c1nc(NCC2CC2)c2[nH]cnc2n1. The number of halogens is 3. The van der Waals surface area contributed by atoms with Gasteiger partial charge in [-0.05, 0) is 18.8 Å². The zero-order chi connectivity index (χ0) is 12.8. The fourth-order valence-corrected chi connectivity index (χ4v) is 1.65. The number of aromatic nitrogens is 4. The van der Waals surface area contributed by atoms with Crippen molar-refractivity contribution >= 4 is 17.0 Å². The van der Waals surface area contributed by atoms with Gasteiger partial charge in [-0.2, -0.15) is 13.2 Å². The van der Waals surface area contributed by atoms with Crippen LogP contribution in [-0.2, 0) is 6.18 Å². The van der Waals surface area contributed by atoms with Crippen molar-refractivity contribution in [2.24, 2.45) is 5.92 Å². The van der Waals surface area contributed by atoms with E-state index >= 15 is 0 Å². The predicted octanol–water partition coefficient (Wildman–Crippen LogP) is 2.19. The van der Waals surface area contributed by atoms with E-state index in [0.717, 1.165) is 12.8 Å². The highest BCUT2D eigenvalue weighted by atomic mass is 19.4. The van der Waals surface area contributed by atoms with E-state index in [-0.39, 0.29) is 11.5 Å². The van der Waals surface area contributed by atoms with Crippen LogP contribution in [-0.4, -0.2) is 26.5 Å². The molecule has 0 radical (unpaired) electrons. The number of rotatable bonds is 3. The molecule has 2 N–H and O–H groups in total. The zero-order valence-electron chi connectivity index (χ0n) is 9.25. The van der Waals surface area contributed by atoms with Gasteiger partial charge in [0.1, 0.15) is 5.52 Å². The van der Waals surface area contributed by atoms with Crippen molar-refractivity contribution in [3.63, 3.8) is 0 Å². The molecule has 0 aliphatic heterocycles. The molecular weight excluding hydrogens is 247 g/mol. The van der Waals surface area contributed by atoms with Gasteiger partial charge in [-0.1, -0.05) is 0 Å². The van der Waals surface area contributed by atoms with Gasteiger partial charge in [-0.25, -0.2) is 15.0 Å². The average Bonchev–Trinajstić information content (AvgIpc) is 3.00. The number of aromatic amines is 1. The molecule has 3 rings (SSSR count). The minimum absolute atomic E-state index is 0.0237. The molecule has 96 valence electrons. The third-order valence-corrected chi connectivity index (χ3v) is 2.79. The van der Waals surface area contributed by atoms with Crippen LogP contribution in [0.3, 0.4) is 0 Å². The Labute approximate surface area is 99.8 Å². The van der Waals surface area contributed by atoms with Crippen LogP contribution in [0, 0.1) is 5.92 Å². The summed E-state index contributed by atoms with van der Waals surface area (Å²) in [6, 6.07) is 0.